The lowest BCUT2D eigenvalue weighted by Crippen LogP contribution is -2.36. The minimum atomic E-state index is -0.193. The summed E-state index contributed by atoms with van der Waals surface area (Å²) in [7, 11) is 1.71. The Labute approximate surface area is 181 Å². The molecule has 0 aliphatic carbocycles. The molecular weight excluding hydrogens is 470 g/mol. The van der Waals surface area contributed by atoms with Crippen molar-refractivity contribution in [1.82, 2.24) is 25.4 Å². The monoisotopic (exact) mass is 494 g/mol. The molecule has 2 N–H and O–H groups in total. The molecule has 1 aromatic heterocycles. The average Bonchev–Trinajstić information content (AvgIpc) is 3.18. The Morgan fingerprint density at radius 2 is 1.79 bits per heavy atom. The van der Waals surface area contributed by atoms with E-state index >= 15 is 0 Å². The molecule has 2 aromatic carbocycles. The molecule has 0 saturated heterocycles. The molecule has 0 bridgehead atoms. The number of hydrogen-bond donors (Lipinski definition) is 2. The summed E-state index contributed by atoms with van der Waals surface area (Å²) < 4.78 is 15.4. The standard InChI is InChI=1S/C20H23FN6.HI/c1-15-6-7-17(9-19(15)21)11-25-20(22-2)24-10-16-4-3-5-18(8-16)12-27-14-23-13-26-27;/h3-9,13-14H,10-12H2,1-2H3,(H2,22,24,25);1H. The first-order valence-electron chi connectivity index (χ1n) is 8.74. The van der Waals surface area contributed by atoms with Crippen molar-refractivity contribution in [1.29, 1.82) is 0 Å². The van der Waals surface area contributed by atoms with Crippen LogP contribution in [0.4, 0.5) is 4.39 Å². The van der Waals surface area contributed by atoms with Crippen molar-refractivity contribution >= 4 is 29.9 Å². The number of halogens is 2. The minimum absolute atomic E-state index is 0. The Morgan fingerprint density at radius 1 is 1.07 bits per heavy atom. The summed E-state index contributed by atoms with van der Waals surface area (Å²) in [4.78, 5) is 8.18. The normalized spacial score (nSPS) is 11.0. The fourth-order valence-electron chi connectivity index (χ4n) is 2.68. The van der Waals surface area contributed by atoms with Gasteiger partial charge in [0.1, 0.15) is 18.5 Å². The van der Waals surface area contributed by atoms with Crippen molar-refractivity contribution < 1.29 is 4.39 Å². The van der Waals surface area contributed by atoms with Gasteiger partial charge < -0.3 is 10.6 Å². The minimum Gasteiger partial charge on any atom is -0.352 e. The fraction of sp³-hybridized carbons (Fsp3) is 0.250. The summed E-state index contributed by atoms with van der Waals surface area (Å²) >= 11 is 0. The molecule has 0 amide bonds. The van der Waals surface area contributed by atoms with Crippen LogP contribution < -0.4 is 10.6 Å². The summed E-state index contributed by atoms with van der Waals surface area (Å²) in [6.45, 7) is 3.57. The van der Waals surface area contributed by atoms with Crippen LogP contribution in [-0.2, 0) is 19.6 Å². The SMILES string of the molecule is CN=C(NCc1cccc(Cn2cncn2)c1)NCc1ccc(C)c(F)c1.I. The molecule has 0 radical (unpaired) electrons. The van der Waals surface area contributed by atoms with Crippen molar-refractivity contribution in [3.05, 3.63) is 83.2 Å². The first-order valence-corrected chi connectivity index (χ1v) is 8.74. The highest BCUT2D eigenvalue weighted by Gasteiger charge is 2.03. The maximum absolute atomic E-state index is 13.6. The van der Waals surface area contributed by atoms with Crippen molar-refractivity contribution in [2.24, 2.45) is 4.99 Å². The number of rotatable bonds is 6. The third-order valence-corrected chi connectivity index (χ3v) is 4.18. The van der Waals surface area contributed by atoms with E-state index in [1.54, 1.807) is 37.1 Å². The van der Waals surface area contributed by atoms with E-state index in [0.717, 1.165) is 16.7 Å². The zero-order chi connectivity index (χ0) is 19.1. The number of benzene rings is 2. The predicted octanol–water partition coefficient (Wildman–Crippen LogP) is 3.26. The second-order valence-corrected chi connectivity index (χ2v) is 6.28. The molecule has 1 heterocycles. The topological polar surface area (TPSA) is 67.1 Å². The Balaban J connectivity index is 0.00000280. The number of nitrogens with zero attached hydrogens (tertiary/aromatic N) is 4. The van der Waals surface area contributed by atoms with Crippen LogP contribution in [0.1, 0.15) is 22.3 Å². The van der Waals surface area contributed by atoms with Gasteiger partial charge >= 0.3 is 0 Å². The molecule has 3 aromatic rings. The zero-order valence-electron chi connectivity index (χ0n) is 15.9. The van der Waals surface area contributed by atoms with Gasteiger partial charge in [-0.15, -0.1) is 24.0 Å². The molecule has 8 heteroatoms. The van der Waals surface area contributed by atoms with E-state index < -0.39 is 0 Å². The molecule has 3 rings (SSSR count). The third kappa shape index (κ3) is 6.29. The summed E-state index contributed by atoms with van der Waals surface area (Å²) in [6, 6.07) is 13.5. The van der Waals surface area contributed by atoms with E-state index in [1.165, 1.54) is 6.33 Å². The Kier molecular flexibility index (Phi) is 8.37. The maximum Gasteiger partial charge on any atom is 0.191 e. The fourth-order valence-corrected chi connectivity index (χ4v) is 2.68. The number of aryl methyl sites for hydroxylation is 1. The average molecular weight is 494 g/mol. The molecule has 0 fully saturated rings. The number of aromatic nitrogens is 3. The van der Waals surface area contributed by atoms with Gasteiger partial charge in [0, 0.05) is 20.1 Å². The lowest BCUT2D eigenvalue weighted by atomic mass is 10.1. The first kappa shape index (κ1) is 21.8. The van der Waals surface area contributed by atoms with Crippen LogP contribution in [-0.4, -0.2) is 27.8 Å². The van der Waals surface area contributed by atoms with E-state index in [-0.39, 0.29) is 29.8 Å². The van der Waals surface area contributed by atoms with Crippen molar-refractivity contribution in [3.8, 4) is 0 Å². The van der Waals surface area contributed by atoms with Gasteiger partial charge in [0.15, 0.2) is 5.96 Å². The highest BCUT2D eigenvalue weighted by Crippen LogP contribution is 2.09. The van der Waals surface area contributed by atoms with Crippen LogP contribution in [0.2, 0.25) is 0 Å². The molecule has 0 atom stereocenters. The summed E-state index contributed by atoms with van der Waals surface area (Å²) in [6.07, 6.45) is 3.23. The molecule has 0 aliphatic rings. The molecule has 0 spiro atoms. The molecule has 6 nitrogen and oxygen atoms in total. The van der Waals surface area contributed by atoms with Gasteiger partial charge in [-0.1, -0.05) is 36.4 Å². The molecule has 148 valence electrons. The van der Waals surface area contributed by atoms with Crippen LogP contribution in [0, 0.1) is 12.7 Å². The largest absolute Gasteiger partial charge is 0.352 e. The van der Waals surface area contributed by atoms with E-state index in [4.69, 9.17) is 0 Å². The lowest BCUT2D eigenvalue weighted by molar-refractivity contribution is 0.615. The molecule has 0 saturated carbocycles. The van der Waals surface area contributed by atoms with Gasteiger partial charge in [-0.05, 0) is 35.2 Å². The number of hydrogen-bond acceptors (Lipinski definition) is 3. The first-order chi connectivity index (χ1) is 13.1. The number of aliphatic imine (C=N–C) groups is 1. The molecule has 0 unspecified atom stereocenters. The maximum atomic E-state index is 13.6. The van der Waals surface area contributed by atoms with Gasteiger partial charge in [0.25, 0.3) is 0 Å². The van der Waals surface area contributed by atoms with E-state index in [2.05, 4.69) is 43.9 Å². The van der Waals surface area contributed by atoms with Crippen molar-refractivity contribution in [2.45, 2.75) is 26.6 Å². The van der Waals surface area contributed by atoms with E-state index in [0.29, 0.717) is 31.2 Å². The summed E-state index contributed by atoms with van der Waals surface area (Å²) in [5.41, 5.74) is 3.80. The Bertz CT molecular complexity index is 911. The molecular formula is C20H24FIN6. The Morgan fingerprint density at radius 3 is 2.43 bits per heavy atom. The lowest BCUT2D eigenvalue weighted by Gasteiger charge is -2.13. The van der Waals surface area contributed by atoms with Gasteiger partial charge in [-0.25, -0.2) is 14.1 Å². The van der Waals surface area contributed by atoms with Gasteiger partial charge in [0.05, 0.1) is 6.54 Å². The van der Waals surface area contributed by atoms with Crippen LogP contribution in [0.15, 0.2) is 60.1 Å². The van der Waals surface area contributed by atoms with Crippen LogP contribution in [0.3, 0.4) is 0 Å². The quantitative estimate of drug-likeness (QED) is 0.314. The number of guanidine groups is 1. The van der Waals surface area contributed by atoms with Gasteiger partial charge in [-0.3, -0.25) is 4.99 Å². The molecule has 28 heavy (non-hydrogen) atoms. The second kappa shape index (κ2) is 10.7. The molecule has 0 aliphatic heterocycles. The predicted molar refractivity (Wildman–Crippen MR) is 119 cm³/mol. The van der Waals surface area contributed by atoms with Crippen molar-refractivity contribution in [3.63, 3.8) is 0 Å². The highest BCUT2D eigenvalue weighted by atomic mass is 127. The second-order valence-electron chi connectivity index (χ2n) is 6.28. The van der Waals surface area contributed by atoms with Crippen LogP contribution in [0.25, 0.3) is 0 Å². The van der Waals surface area contributed by atoms with Crippen LogP contribution in [0.5, 0.6) is 0 Å². The summed E-state index contributed by atoms with van der Waals surface area (Å²) in [5.74, 6) is 0.471. The summed E-state index contributed by atoms with van der Waals surface area (Å²) in [5, 5.41) is 10.6. The Hall–Kier alpha value is -2.49. The third-order valence-electron chi connectivity index (χ3n) is 4.18. The number of nitrogens with one attached hydrogen (secondary N) is 2. The smallest absolute Gasteiger partial charge is 0.191 e. The van der Waals surface area contributed by atoms with Gasteiger partial charge in [0.2, 0.25) is 0 Å². The van der Waals surface area contributed by atoms with E-state index in [1.807, 2.05) is 12.1 Å². The zero-order valence-corrected chi connectivity index (χ0v) is 18.2. The highest BCUT2D eigenvalue weighted by molar-refractivity contribution is 14.0. The van der Waals surface area contributed by atoms with E-state index in [9.17, 15) is 4.39 Å². The van der Waals surface area contributed by atoms with Gasteiger partial charge in [-0.2, -0.15) is 5.10 Å². The van der Waals surface area contributed by atoms with Crippen molar-refractivity contribution in [2.75, 3.05) is 7.05 Å². The van der Waals surface area contributed by atoms with Crippen LogP contribution >= 0.6 is 24.0 Å².